The third-order valence-electron chi connectivity index (χ3n) is 3.26. The summed E-state index contributed by atoms with van der Waals surface area (Å²) in [5, 5.41) is 0. The van der Waals surface area contributed by atoms with Gasteiger partial charge in [-0.1, -0.05) is 13.0 Å². The number of hydrogen-bond acceptors (Lipinski definition) is 5. The molecule has 1 rings (SSSR count). The first-order valence-corrected chi connectivity index (χ1v) is 7.68. The van der Waals surface area contributed by atoms with Gasteiger partial charge in [0.15, 0.2) is 11.5 Å². The lowest BCUT2D eigenvalue weighted by molar-refractivity contribution is 0.0313. The first-order chi connectivity index (χ1) is 10.2. The molecule has 2 atom stereocenters. The number of hydrazine groups is 1. The Kier molecular flexibility index (Phi) is 8.12. The molecule has 0 saturated carbocycles. The predicted molar refractivity (Wildman–Crippen MR) is 84.5 cm³/mol. The summed E-state index contributed by atoms with van der Waals surface area (Å²) in [6.45, 7) is 9.84. The van der Waals surface area contributed by atoms with Crippen LogP contribution in [-0.4, -0.2) is 25.9 Å². The van der Waals surface area contributed by atoms with Crippen LogP contribution in [0.15, 0.2) is 18.2 Å². The lowest BCUT2D eigenvalue weighted by Crippen LogP contribution is -2.37. The number of nitrogens with one attached hydrogen (secondary N) is 1. The first kappa shape index (κ1) is 17.8. The number of benzene rings is 1. The molecule has 0 spiro atoms. The standard InChI is InChI=1S/C16H28N2O3/c1-5-13(19-6-2)16(18-17)12-9-10-14(20-7-3)15(11-12)21-8-4/h9-11,13,16,18H,5-8,17H2,1-4H3. The summed E-state index contributed by atoms with van der Waals surface area (Å²) in [5.41, 5.74) is 3.89. The van der Waals surface area contributed by atoms with Gasteiger partial charge in [0, 0.05) is 6.61 Å². The molecule has 21 heavy (non-hydrogen) atoms. The van der Waals surface area contributed by atoms with Gasteiger partial charge in [-0.15, -0.1) is 0 Å². The largest absolute Gasteiger partial charge is 0.490 e. The third kappa shape index (κ3) is 4.88. The van der Waals surface area contributed by atoms with Crippen LogP contribution in [0.4, 0.5) is 0 Å². The molecule has 0 fully saturated rings. The SMILES string of the molecule is CCOc1ccc(C(NN)C(CC)OCC)cc1OCC. The maximum atomic E-state index is 5.76. The molecule has 120 valence electrons. The predicted octanol–water partition coefficient (Wildman–Crippen LogP) is 2.80. The molecule has 0 radical (unpaired) electrons. The summed E-state index contributed by atoms with van der Waals surface area (Å²) in [5.74, 6) is 7.22. The third-order valence-corrected chi connectivity index (χ3v) is 3.26. The average Bonchev–Trinajstić information content (AvgIpc) is 2.50. The molecule has 0 aromatic heterocycles. The second-order valence-corrected chi connectivity index (χ2v) is 4.62. The Labute approximate surface area is 127 Å². The Hall–Kier alpha value is -1.30. The van der Waals surface area contributed by atoms with E-state index in [9.17, 15) is 0 Å². The molecule has 0 heterocycles. The highest BCUT2D eigenvalue weighted by molar-refractivity contribution is 5.44. The molecule has 3 N–H and O–H groups in total. The van der Waals surface area contributed by atoms with E-state index in [1.54, 1.807) is 0 Å². The summed E-state index contributed by atoms with van der Waals surface area (Å²) in [6.07, 6.45) is 0.896. The van der Waals surface area contributed by atoms with E-state index in [1.165, 1.54) is 0 Å². The van der Waals surface area contributed by atoms with Crippen LogP contribution >= 0.6 is 0 Å². The number of hydrogen-bond donors (Lipinski definition) is 2. The van der Waals surface area contributed by atoms with Crippen LogP contribution in [0.2, 0.25) is 0 Å². The van der Waals surface area contributed by atoms with Crippen LogP contribution in [0.5, 0.6) is 11.5 Å². The fraction of sp³-hybridized carbons (Fsp3) is 0.625. The second kappa shape index (κ2) is 9.60. The van der Waals surface area contributed by atoms with E-state index in [1.807, 2.05) is 39.0 Å². The molecule has 5 nitrogen and oxygen atoms in total. The molecule has 1 aromatic rings. The van der Waals surface area contributed by atoms with E-state index in [-0.39, 0.29) is 12.1 Å². The molecule has 0 aliphatic carbocycles. The van der Waals surface area contributed by atoms with Gasteiger partial charge in [0.25, 0.3) is 0 Å². The molecular formula is C16H28N2O3. The highest BCUT2D eigenvalue weighted by Gasteiger charge is 2.22. The van der Waals surface area contributed by atoms with Crippen LogP contribution < -0.4 is 20.7 Å². The first-order valence-electron chi connectivity index (χ1n) is 7.68. The minimum absolute atomic E-state index is 0.0208. The van der Waals surface area contributed by atoms with E-state index < -0.39 is 0 Å². The van der Waals surface area contributed by atoms with E-state index in [2.05, 4.69) is 12.3 Å². The van der Waals surface area contributed by atoms with E-state index in [0.717, 1.165) is 23.5 Å². The quantitative estimate of drug-likeness (QED) is 0.513. The molecule has 2 unspecified atom stereocenters. The van der Waals surface area contributed by atoms with Crippen molar-refractivity contribution in [3.8, 4) is 11.5 Å². The molecular weight excluding hydrogens is 268 g/mol. The summed E-state index contributed by atoms with van der Waals surface area (Å²) >= 11 is 0. The Balaban J connectivity index is 3.06. The van der Waals surface area contributed by atoms with Gasteiger partial charge in [-0.05, 0) is 44.9 Å². The maximum absolute atomic E-state index is 5.76. The Morgan fingerprint density at radius 1 is 1.00 bits per heavy atom. The highest BCUT2D eigenvalue weighted by Crippen LogP contribution is 2.32. The summed E-state index contributed by atoms with van der Waals surface area (Å²) in [4.78, 5) is 0. The van der Waals surface area contributed by atoms with Gasteiger partial charge in [-0.25, -0.2) is 0 Å². The van der Waals surface area contributed by atoms with Crippen LogP contribution in [0.3, 0.4) is 0 Å². The van der Waals surface area contributed by atoms with Crippen LogP contribution in [0.25, 0.3) is 0 Å². The van der Waals surface area contributed by atoms with Crippen molar-refractivity contribution in [1.82, 2.24) is 5.43 Å². The van der Waals surface area contributed by atoms with Crippen molar-refractivity contribution in [3.05, 3.63) is 23.8 Å². The van der Waals surface area contributed by atoms with Crippen molar-refractivity contribution in [1.29, 1.82) is 0 Å². The van der Waals surface area contributed by atoms with Gasteiger partial charge in [0.2, 0.25) is 0 Å². The fourth-order valence-electron chi connectivity index (χ4n) is 2.34. The van der Waals surface area contributed by atoms with E-state index in [0.29, 0.717) is 19.8 Å². The lowest BCUT2D eigenvalue weighted by atomic mass is 9.99. The van der Waals surface area contributed by atoms with Crippen LogP contribution in [0.1, 0.15) is 45.7 Å². The number of nitrogens with two attached hydrogens (primary N) is 1. The topological polar surface area (TPSA) is 65.7 Å². The smallest absolute Gasteiger partial charge is 0.161 e. The number of rotatable bonds is 10. The Bertz CT molecular complexity index is 413. The van der Waals surface area contributed by atoms with Crippen molar-refractivity contribution < 1.29 is 14.2 Å². The Morgan fingerprint density at radius 2 is 1.67 bits per heavy atom. The van der Waals surface area contributed by atoms with E-state index >= 15 is 0 Å². The molecule has 0 saturated heterocycles. The minimum atomic E-state index is -0.0789. The van der Waals surface area contributed by atoms with Gasteiger partial charge in [0.1, 0.15) is 0 Å². The fourth-order valence-corrected chi connectivity index (χ4v) is 2.34. The molecule has 5 heteroatoms. The molecule has 0 aliphatic heterocycles. The average molecular weight is 296 g/mol. The van der Waals surface area contributed by atoms with Gasteiger partial charge < -0.3 is 14.2 Å². The zero-order valence-electron chi connectivity index (χ0n) is 13.5. The second-order valence-electron chi connectivity index (χ2n) is 4.62. The zero-order valence-corrected chi connectivity index (χ0v) is 13.5. The normalized spacial score (nSPS) is 13.8. The molecule has 0 bridgehead atoms. The maximum Gasteiger partial charge on any atom is 0.161 e. The van der Waals surface area contributed by atoms with Crippen molar-refractivity contribution >= 4 is 0 Å². The summed E-state index contributed by atoms with van der Waals surface area (Å²) in [6, 6.07) is 5.82. The molecule has 0 amide bonds. The number of ether oxygens (including phenoxy) is 3. The Morgan fingerprint density at radius 3 is 2.19 bits per heavy atom. The van der Waals surface area contributed by atoms with Crippen LogP contribution in [-0.2, 0) is 4.74 Å². The summed E-state index contributed by atoms with van der Waals surface area (Å²) in [7, 11) is 0. The van der Waals surface area contributed by atoms with Crippen molar-refractivity contribution in [2.24, 2.45) is 5.84 Å². The van der Waals surface area contributed by atoms with Crippen LogP contribution in [0, 0.1) is 0 Å². The lowest BCUT2D eigenvalue weighted by Gasteiger charge is -2.26. The summed E-state index contributed by atoms with van der Waals surface area (Å²) < 4.78 is 17.0. The van der Waals surface area contributed by atoms with E-state index in [4.69, 9.17) is 20.1 Å². The molecule has 0 aliphatic rings. The highest BCUT2D eigenvalue weighted by atomic mass is 16.5. The molecule has 1 aromatic carbocycles. The van der Waals surface area contributed by atoms with Crippen molar-refractivity contribution in [3.63, 3.8) is 0 Å². The van der Waals surface area contributed by atoms with Crippen molar-refractivity contribution in [2.75, 3.05) is 19.8 Å². The van der Waals surface area contributed by atoms with Crippen molar-refractivity contribution in [2.45, 2.75) is 46.3 Å². The zero-order chi connectivity index (χ0) is 15.7. The van der Waals surface area contributed by atoms with Gasteiger partial charge in [-0.3, -0.25) is 11.3 Å². The minimum Gasteiger partial charge on any atom is -0.490 e. The van der Waals surface area contributed by atoms with Gasteiger partial charge in [0.05, 0.1) is 25.4 Å². The van der Waals surface area contributed by atoms with Gasteiger partial charge >= 0.3 is 0 Å². The van der Waals surface area contributed by atoms with Gasteiger partial charge in [-0.2, -0.15) is 0 Å². The monoisotopic (exact) mass is 296 g/mol.